The molecule has 0 bridgehead atoms. The second-order valence-corrected chi connectivity index (χ2v) is 6.81. The van der Waals surface area contributed by atoms with Crippen molar-refractivity contribution in [1.29, 1.82) is 5.41 Å². The number of amidine groups is 1. The van der Waals surface area contributed by atoms with Gasteiger partial charge < -0.3 is 25.0 Å². The molecule has 0 saturated heterocycles. The van der Waals surface area contributed by atoms with E-state index in [0.717, 1.165) is 12.0 Å². The molecule has 0 aliphatic carbocycles. The molecule has 1 aromatic carbocycles. The Kier molecular flexibility index (Phi) is 6.28. The van der Waals surface area contributed by atoms with Crippen molar-refractivity contribution in [1.82, 2.24) is 14.5 Å². The zero-order valence-corrected chi connectivity index (χ0v) is 16.6. The predicted octanol–water partition coefficient (Wildman–Crippen LogP) is 2.07. The molecule has 1 aliphatic heterocycles. The normalized spacial score (nSPS) is 15.3. The second kappa shape index (κ2) is 8.87. The third-order valence-electron chi connectivity index (χ3n) is 4.78. The van der Waals surface area contributed by atoms with Gasteiger partial charge in [0.2, 0.25) is 0 Å². The van der Waals surface area contributed by atoms with Gasteiger partial charge in [0.15, 0.2) is 12.0 Å². The number of hydrogen-bond donors (Lipinski definition) is 3. The minimum atomic E-state index is -0.901. The van der Waals surface area contributed by atoms with Crippen molar-refractivity contribution in [2.75, 3.05) is 13.2 Å². The van der Waals surface area contributed by atoms with E-state index in [0.29, 0.717) is 48.9 Å². The number of aliphatic hydroxyl groups is 1. The van der Waals surface area contributed by atoms with Crippen molar-refractivity contribution in [3.05, 3.63) is 35.5 Å². The summed E-state index contributed by atoms with van der Waals surface area (Å²) in [5.41, 5.74) is 7.48. The number of carbonyl (C=O) groups is 1. The molecule has 0 spiro atoms. The van der Waals surface area contributed by atoms with E-state index in [9.17, 15) is 9.90 Å². The van der Waals surface area contributed by atoms with Gasteiger partial charge in [0.05, 0.1) is 12.9 Å². The summed E-state index contributed by atoms with van der Waals surface area (Å²) in [6.45, 7) is 2.73. The number of imidazole rings is 1. The first-order chi connectivity index (χ1) is 13.9. The molecular weight excluding hydrogens is 372 g/mol. The van der Waals surface area contributed by atoms with E-state index in [-0.39, 0.29) is 11.8 Å². The number of nitrogens with two attached hydrogens (primary N) is 1. The maximum Gasteiger partial charge on any atom is 0.305 e. The molecule has 3 rings (SSSR count). The minimum Gasteiger partial charge on any atom is -0.466 e. The van der Waals surface area contributed by atoms with Crippen LogP contribution in [0.1, 0.15) is 43.7 Å². The van der Waals surface area contributed by atoms with Crippen LogP contribution in [0.2, 0.25) is 0 Å². The highest BCUT2D eigenvalue weighted by Crippen LogP contribution is 2.34. The minimum absolute atomic E-state index is 0.00862. The SMILES string of the molecule is CCOC(=O)CCCCN1C=Nc2c(nc(-c3ccc(C(=N)N)cc3)n2C)C1O. The van der Waals surface area contributed by atoms with Crippen LogP contribution in [0.4, 0.5) is 5.82 Å². The number of fused-ring (bicyclic) bond motifs is 1. The highest BCUT2D eigenvalue weighted by molar-refractivity contribution is 5.95. The van der Waals surface area contributed by atoms with E-state index in [2.05, 4.69) is 9.98 Å². The Morgan fingerprint density at radius 1 is 1.31 bits per heavy atom. The van der Waals surface area contributed by atoms with Crippen LogP contribution in [0.3, 0.4) is 0 Å². The molecule has 2 heterocycles. The molecule has 2 aromatic rings. The lowest BCUT2D eigenvalue weighted by Crippen LogP contribution is -2.31. The van der Waals surface area contributed by atoms with Gasteiger partial charge >= 0.3 is 5.97 Å². The molecule has 0 radical (unpaired) electrons. The van der Waals surface area contributed by atoms with Crippen molar-refractivity contribution in [2.24, 2.45) is 17.8 Å². The summed E-state index contributed by atoms with van der Waals surface area (Å²) in [6.07, 6.45) is 2.48. The van der Waals surface area contributed by atoms with Crippen LogP contribution in [0, 0.1) is 5.41 Å². The molecule has 0 saturated carbocycles. The van der Waals surface area contributed by atoms with Gasteiger partial charge in [-0.3, -0.25) is 10.2 Å². The topological polar surface area (TPSA) is 130 Å². The molecule has 9 nitrogen and oxygen atoms in total. The quantitative estimate of drug-likeness (QED) is 0.270. The number of ether oxygens (including phenoxy) is 1. The van der Waals surface area contributed by atoms with Crippen LogP contribution in [-0.2, 0) is 16.6 Å². The van der Waals surface area contributed by atoms with E-state index in [1.165, 1.54) is 0 Å². The standard InChI is InChI=1S/C20H26N6O3/c1-3-29-15(27)6-4-5-11-26-12-23-19-16(20(26)28)24-18(25(19)2)14-9-7-13(8-10-14)17(21)22/h7-10,12,20,28H,3-6,11H2,1-2H3,(H3,21,22). The third kappa shape index (κ3) is 4.45. The van der Waals surface area contributed by atoms with E-state index in [1.54, 1.807) is 30.3 Å². The summed E-state index contributed by atoms with van der Waals surface area (Å²) in [5, 5.41) is 18.2. The number of nitrogens with zero attached hydrogens (tertiary/aromatic N) is 4. The molecule has 29 heavy (non-hydrogen) atoms. The van der Waals surface area contributed by atoms with Gasteiger partial charge in [0.25, 0.3) is 0 Å². The summed E-state index contributed by atoms with van der Waals surface area (Å²) < 4.78 is 6.75. The van der Waals surface area contributed by atoms with E-state index < -0.39 is 6.23 Å². The Morgan fingerprint density at radius 2 is 2.03 bits per heavy atom. The smallest absolute Gasteiger partial charge is 0.305 e. The molecule has 4 N–H and O–H groups in total. The van der Waals surface area contributed by atoms with Gasteiger partial charge in [0, 0.05) is 31.1 Å². The number of benzene rings is 1. The van der Waals surface area contributed by atoms with Crippen LogP contribution >= 0.6 is 0 Å². The Hall–Kier alpha value is -3.20. The number of hydrogen-bond acceptors (Lipinski definition) is 7. The Bertz CT molecular complexity index is 919. The van der Waals surface area contributed by atoms with Crippen LogP contribution < -0.4 is 5.73 Å². The number of esters is 1. The Labute approximate surface area is 169 Å². The van der Waals surface area contributed by atoms with Gasteiger partial charge in [-0.2, -0.15) is 0 Å². The average molecular weight is 398 g/mol. The van der Waals surface area contributed by atoms with Gasteiger partial charge in [-0.25, -0.2) is 9.98 Å². The maximum absolute atomic E-state index is 11.4. The molecule has 1 unspecified atom stereocenters. The van der Waals surface area contributed by atoms with Crippen LogP contribution in [0.5, 0.6) is 0 Å². The molecule has 154 valence electrons. The lowest BCUT2D eigenvalue weighted by molar-refractivity contribution is -0.143. The molecule has 0 fully saturated rings. The number of nitrogens with one attached hydrogen (secondary N) is 1. The first-order valence-corrected chi connectivity index (χ1v) is 9.57. The number of nitrogen functional groups attached to an aromatic ring is 1. The molecular formula is C20H26N6O3. The van der Waals surface area contributed by atoms with Crippen molar-refractivity contribution in [2.45, 2.75) is 32.4 Å². The number of aromatic nitrogens is 2. The first-order valence-electron chi connectivity index (χ1n) is 9.57. The number of rotatable bonds is 8. The highest BCUT2D eigenvalue weighted by Gasteiger charge is 2.28. The largest absolute Gasteiger partial charge is 0.466 e. The van der Waals surface area contributed by atoms with Crippen LogP contribution in [0.25, 0.3) is 11.4 Å². The number of aliphatic imine (C=N–C) groups is 1. The lowest BCUT2D eigenvalue weighted by atomic mass is 10.1. The average Bonchev–Trinajstić information content (AvgIpc) is 3.04. The van der Waals surface area contributed by atoms with E-state index in [1.807, 2.05) is 23.7 Å². The summed E-state index contributed by atoms with van der Waals surface area (Å²) >= 11 is 0. The summed E-state index contributed by atoms with van der Waals surface area (Å²) in [5.74, 6) is 1.08. The van der Waals surface area contributed by atoms with E-state index in [4.69, 9.17) is 15.9 Å². The van der Waals surface area contributed by atoms with Crippen molar-refractivity contribution >= 4 is 24.0 Å². The molecule has 9 heteroatoms. The third-order valence-corrected chi connectivity index (χ3v) is 4.78. The fraction of sp³-hybridized carbons (Fsp3) is 0.400. The van der Waals surface area contributed by atoms with Gasteiger partial charge in [-0.15, -0.1) is 0 Å². The number of unbranched alkanes of at least 4 members (excludes halogenated alkanes) is 1. The van der Waals surface area contributed by atoms with Crippen molar-refractivity contribution in [3.63, 3.8) is 0 Å². The van der Waals surface area contributed by atoms with Crippen LogP contribution in [-0.4, -0.2) is 50.9 Å². The van der Waals surface area contributed by atoms with Crippen molar-refractivity contribution in [3.8, 4) is 11.4 Å². The van der Waals surface area contributed by atoms with Gasteiger partial charge in [-0.1, -0.05) is 24.3 Å². The summed E-state index contributed by atoms with van der Waals surface area (Å²) in [7, 11) is 1.85. The molecule has 1 atom stereocenters. The lowest BCUT2D eigenvalue weighted by Gasteiger charge is -2.27. The monoisotopic (exact) mass is 398 g/mol. The first kappa shape index (κ1) is 20.5. The fourth-order valence-electron chi connectivity index (χ4n) is 3.22. The zero-order chi connectivity index (χ0) is 21.0. The van der Waals surface area contributed by atoms with Crippen LogP contribution in [0.15, 0.2) is 29.3 Å². The summed E-state index contributed by atoms with van der Waals surface area (Å²) in [4.78, 5) is 22.2. The maximum atomic E-state index is 11.4. The Balaban J connectivity index is 1.69. The van der Waals surface area contributed by atoms with Gasteiger partial charge in [-0.05, 0) is 19.8 Å². The zero-order valence-electron chi connectivity index (χ0n) is 16.6. The molecule has 0 amide bonds. The molecule has 1 aromatic heterocycles. The fourth-order valence-corrected chi connectivity index (χ4v) is 3.22. The predicted molar refractivity (Wildman–Crippen MR) is 110 cm³/mol. The summed E-state index contributed by atoms with van der Waals surface area (Å²) in [6, 6.07) is 7.21. The Morgan fingerprint density at radius 3 is 2.69 bits per heavy atom. The van der Waals surface area contributed by atoms with Gasteiger partial charge in [0.1, 0.15) is 17.4 Å². The van der Waals surface area contributed by atoms with E-state index >= 15 is 0 Å². The number of aliphatic hydroxyl groups excluding tert-OH is 1. The number of carbonyl (C=O) groups excluding carboxylic acids is 1. The van der Waals surface area contributed by atoms with Crippen molar-refractivity contribution < 1.29 is 14.6 Å². The highest BCUT2D eigenvalue weighted by atomic mass is 16.5. The second-order valence-electron chi connectivity index (χ2n) is 6.81. The molecule has 1 aliphatic rings.